The van der Waals surface area contributed by atoms with Crippen LogP contribution in [0, 0.1) is 5.41 Å². The topological polar surface area (TPSA) is 65.5 Å². The maximum Gasteiger partial charge on any atom is 0.131 e. The number of pyridine rings is 1. The highest BCUT2D eigenvalue weighted by Crippen LogP contribution is 2.50. The smallest absolute Gasteiger partial charge is 0.131 e. The van der Waals surface area contributed by atoms with E-state index in [2.05, 4.69) is 28.4 Å². The molecule has 0 amide bonds. The first kappa shape index (κ1) is 21.9. The van der Waals surface area contributed by atoms with Crippen LogP contribution in [0.1, 0.15) is 62.1 Å². The molecule has 4 aliphatic rings. The molecule has 176 valence electrons. The van der Waals surface area contributed by atoms with Gasteiger partial charge in [-0.15, -0.1) is 0 Å². The molecule has 1 atom stereocenters. The molecule has 1 aromatic heterocycles. The molecule has 2 aliphatic carbocycles. The summed E-state index contributed by atoms with van der Waals surface area (Å²) in [6, 6.07) is 10.5. The standard InChI is InChI=1S/C26H32ClN3O2S/c27-20-4-2-18(3-5-20)19-6-11-25(12-7-19)15-30(16-25)23-14-22(29-26(17-31)9-1-10-26)24-21(28-23)8-13-33(24)32/h2-5,14,19,31H,1,6-13,15-17H2,(H,28,29). The van der Waals surface area contributed by atoms with E-state index >= 15 is 0 Å². The Morgan fingerprint density at radius 3 is 2.52 bits per heavy atom. The van der Waals surface area contributed by atoms with Crippen molar-refractivity contribution in [2.45, 2.75) is 67.7 Å². The zero-order chi connectivity index (χ0) is 22.6. The summed E-state index contributed by atoms with van der Waals surface area (Å²) < 4.78 is 12.7. The first-order valence-corrected chi connectivity index (χ1v) is 14.0. The predicted molar refractivity (Wildman–Crippen MR) is 134 cm³/mol. The van der Waals surface area contributed by atoms with Crippen LogP contribution in [0.15, 0.2) is 35.2 Å². The minimum atomic E-state index is -0.997. The highest BCUT2D eigenvalue weighted by Gasteiger charge is 2.46. The second kappa shape index (κ2) is 8.24. The molecule has 2 aliphatic heterocycles. The molecule has 1 aromatic carbocycles. The fourth-order valence-corrected chi connectivity index (χ4v) is 7.77. The van der Waals surface area contributed by atoms with E-state index in [-0.39, 0.29) is 12.1 Å². The van der Waals surface area contributed by atoms with Crippen LogP contribution in [0.5, 0.6) is 0 Å². The number of anilines is 2. The van der Waals surface area contributed by atoms with Gasteiger partial charge in [-0.1, -0.05) is 23.7 Å². The van der Waals surface area contributed by atoms with Crippen molar-refractivity contribution in [3.05, 3.63) is 46.6 Å². The van der Waals surface area contributed by atoms with Gasteiger partial charge in [0.15, 0.2) is 0 Å². The Kier molecular flexibility index (Phi) is 5.46. The van der Waals surface area contributed by atoms with Gasteiger partial charge in [0, 0.05) is 41.8 Å². The highest BCUT2D eigenvalue weighted by molar-refractivity contribution is 7.85. The molecule has 0 bridgehead atoms. The lowest BCUT2D eigenvalue weighted by Crippen LogP contribution is -2.58. The second-order valence-corrected chi connectivity index (χ2v) is 12.6. The van der Waals surface area contributed by atoms with E-state index < -0.39 is 10.8 Å². The molecule has 3 fully saturated rings. The number of aryl methyl sites for hydroxylation is 1. The van der Waals surface area contributed by atoms with Crippen molar-refractivity contribution in [3.8, 4) is 0 Å². The summed E-state index contributed by atoms with van der Waals surface area (Å²) >= 11 is 6.07. The molecule has 2 saturated carbocycles. The van der Waals surface area contributed by atoms with Gasteiger partial charge in [0.25, 0.3) is 0 Å². The minimum Gasteiger partial charge on any atom is -0.394 e. The first-order chi connectivity index (χ1) is 16.0. The maximum atomic E-state index is 12.7. The van der Waals surface area contributed by atoms with Crippen LogP contribution in [0.2, 0.25) is 5.02 Å². The SMILES string of the molecule is O=S1CCc2nc(N3CC4(CCC(c5ccc(Cl)cc5)CC4)C3)cc(NC3(CO)CCC3)c21. The summed E-state index contributed by atoms with van der Waals surface area (Å²) in [6.07, 6.45) is 8.81. The van der Waals surface area contributed by atoms with Crippen molar-refractivity contribution in [1.29, 1.82) is 0 Å². The minimum absolute atomic E-state index is 0.119. The van der Waals surface area contributed by atoms with Crippen LogP contribution < -0.4 is 10.2 Å². The number of hydrogen-bond donors (Lipinski definition) is 2. The maximum absolute atomic E-state index is 12.7. The molecule has 5 nitrogen and oxygen atoms in total. The number of nitrogens with one attached hydrogen (secondary N) is 1. The summed E-state index contributed by atoms with van der Waals surface area (Å²) in [4.78, 5) is 8.23. The van der Waals surface area contributed by atoms with Crippen molar-refractivity contribution in [3.63, 3.8) is 0 Å². The molecule has 33 heavy (non-hydrogen) atoms. The van der Waals surface area contributed by atoms with E-state index in [0.29, 0.717) is 17.1 Å². The molecule has 2 N–H and O–H groups in total. The summed E-state index contributed by atoms with van der Waals surface area (Å²) in [5, 5.41) is 14.4. The van der Waals surface area contributed by atoms with Crippen LogP contribution in [-0.2, 0) is 17.2 Å². The Hall–Kier alpha value is -1.63. The van der Waals surface area contributed by atoms with Crippen LogP contribution in [0.4, 0.5) is 11.5 Å². The third-order valence-corrected chi connectivity index (χ3v) is 10.3. The largest absolute Gasteiger partial charge is 0.394 e. The Balaban J connectivity index is 1.16. The van der Waals surface area contributed by atoms with Crippen molar-refractivity contribution < 1.29 is 9.32 Å². The van der Waals surface area contributed by atoms with Gasteiger partial charge >= 0.3 is 0 Å². The molecule has 1 saturated heterocycles. The van der Waals surface area contributed by atoms with Crippen molar-refractivity contribution in [1.82, 2.24) is 4.98 Å². The van der Waals surface area contributed by atoms with Gasteiger partial charge in [0.05, 0.1) is 39.2 Å². The van der Waals surface area contributed by atoms with Gasteiger partial charge < -0.3 is 15.3 Å². The molecule has 6 rings (SSSR count). The zero-order valence-electron chi connectivity index (χ0n) is 19.0. The quantitative estimate of drug-likeness (QED) is 0.631. The first-order valence-electron chi connectivity index (χ1n) is 12.3. The summed E-state index contributed by atoms with van der Waals surface area (Å²) in [7, 11) is -0.997. The van der Waals surface area contributed by atoms with Crippen molar-refractivity contribution >= 4 is 33.9 Å². The molecule has 7 heteroatoms. The van der Waals surface area contributed by atoms with Crippen LogP contribution in [0.25, 0.3) is 0 Å². The van der Waals surface area contributed by atoms with E-state index in [9.17, 15) is 9.32 Å². The fraction of sp³-hybridized carbons (Fsp3) is 0.577. The van der Waals surface area contributed by atoms with E-state index in [1.807, 2.05) is 12.1 Å². The van der Waals surface area contributed by atoms with E-state index in [0.717, 1.165) is 65.9 Å². The highest BCUT2D eigenvalue weighted by atomic mass is 35.5. The van der Waals surface area contributed by atoms with E-state index in [1.54, 1.807) is 0 Å². The Morgan fingerprint density at radius 1 is 1.15 bits per heavy atom. The molecular weight excluding hydrogens is 454 g/mol. The number of halogens is 1. The number of hydrogen-bond acceptors (Lipinski definition) is 5. The normalized spacial score (nSPS) is 25.4. The molecule has 1 unspecified atom stereocenters. The number of benzene rings is 1. The molecule has 1 spiro atoms. The number of aliphatic hydroxyl groups excluding tert-OH is 1. The van der Waals surface area contributed by atoms with Crippen LogP contribution in [0.3, 0.4) is 0 Å². The van der Waals surface area contributed by atoms with Crippen molar-refractivity contribution in [2.75, 3.05) is 35.7 Å². The van der Waals surface area contributed by atoms with Crippen molar-refractivity contribution in [2.24, 2.45) is 5.41 Å². The third kappa shape index (κ3) is 3.88. The van der Waals surface area contributed by atoms with Gasteiger partial charge in [0.2, 0.25) is 0 Å². The number of aromatic nitrogens is 1. The summed E-state index contributed by atoms with van der Waals surface area (Å²) in [6.45, 7) is 2.23. The summed E-state index contributed by atoms with van der Waals surface area (Å²) in [5.41, 5.74) is 3.48. The monoisotopic (exact) mass is 485 g/mol. The third-order valence-electron chi connectivity index (χ3n) is 8.56. The van der Waals surface area contributed by atoms with E-state index in [4.69, 9.17) is 16.6 Å². The molecule has 3 heterocycles. The Labute approximate surface area is 203 Å². The molecular formula is C26H32ClN3O2S. The van der Waals surface area contributed by atoms with Crippen LogP contribution in [-0.4, -0.2) is 45.3 Å². The Bertz CT molecular complexity index is 1060. The zero-order valence-corrected chi connectivity index (χ0v) is 20.6. The lowest BCUT2D eigenvalue weighted by Gasteiger charge is -2.54. The fourth-order valence-electron chi connectivity index (χ4n) is 6.29. The summed E-state index contributed by atoms with van der Waals surface area (Å²) in [5.74, 6) is 2.30. The van der Waals surface area contributed by atoms with Gasteiger partial charge in [-0.3, -0.25) is 4.21 Å². The number of aliphatic hydroxyl groups is 1. The molecule has 2 aromatic rings. The number of fused-ring (bicyclic) bond motifs is 1. The number of nitrogens with zero attached hydrogens (tertiary/aromatic N) is 2. The van der Waals surface area contributed by atoms with Gasteiger partial charge in [-0.2, -0.15) is 0 Å². The lowest BCUT2D eigenvalue weighted by atomic mass is 9.65. The van der Waals surface area contributed by atoms with Gasteiger partial charge in [-0.25, -0.2) is 4.98 Å². The lowest BCUT2D eigenvalue weighted by molar-refractivity contribution is 0.127. The van der Waals surface area contributed by atoms with Gasteiger partial charge in [0.1, 0.15) is 5.82 Å². The average molecular weight is 486 g/mol. The number of rotatable bonds is 5. The van der Waals surface area contributed by atoms with E-state index in [1.165, 1.54) is 31.2 Å². The van der Waals surface area contributed by atoms with Crippen LogP contribution >= 0.6 is 11.6 Å². The van der Waals surface area contributed by atoms with Gasteiger partial charge in [-0.05, 0) is 68.6 Å². The Morgan fingerprint density at radius 2 is 1.88 bits per heavy atom. The predicted octanol–water partition coefficient (Wildman–Crippen LogP) is 4.89. The average Bonchev–Trinajstić information content (AvgIpc) is 3.16. The second-order valence-electron chi connectivity index (χ2n) is 10.7. The molecule has 0 radical (unpaired) electrons.